The Morgan fingerprint density at radius 3 is 2.53 bits per heavy atom. The first-order chi connectivity index (χ1) is 7.15. The molecule has 2 N–H and O–H groups in total. The zero-order valence-electron chi connectivity index (χ0n) is 8.48. The third-order valence-corrected chi connectivity index (χ3v) is 3.05. The van der Waals surface area contributed by atoms with Gasteiger partial charge in [0.1, 0.15) is 6.04 Å². The Balaban J connectivity index is 2.24. The molecule has 3 nitrogen and oxygen atoms in total. The fraction of sp³-hybridized carbons (Fsp3) is 0.364. The number of nitrogens with two attached hydrogens (primary N) is 1. The fourth-order valence-electron chi connectivity index (χ4n) is 1.98. The van der Waals surface area contributed by atoms with Gasteiger partial charge in [-0.25, -0.2) is 0 Å². The normalized spacial score (nSPS) is 25.3. The SMILES string of the molecule is CCN1C(=O)[C@H](N)[C@@H]1c1ccc(Cl)cc1. The maximum atomic E-state index is 11.4. The van der Waals surface area contributed by atoms with Gasteiger partial charge >= 0.3 is 0 Å². The number of likely N-dealkylation sites (tertiary alicyclic amines) is 1. The Morgan fingerprint density at radius 1 is 1.40 bits per heavy atom. The van der Waals surface area contributed by atoms with Crippen molar-refractivity contribution in [2.45, 2.75) is 19.0 Å². The fourth-order valence-corrected chi connectivity index (χ4v) is 2.10. The van der Waals surface area contributed by atoms with Crippen LogP contribution in [0.2, 0.25) is 5.02 Å². The summed E-state index contributed by atoms with van der Waals surface area (Å²) < 4.78 is 0. The number of rotatable bonds is 2. The zero-order valence-corrected chi connectivity index (χ0v) is 9.24. The van der Waals surface area contributed by atoms with Crippen molar-refractivity contribution in [3.8, 4) is 0 Å². The lowest BCUT2D eigenvalue weighted by atomic mass is 9.89. The summed E-state index contributed by atoms with van der Waals surface area (Å²) in [5.74, 6) is 0.0254. The molecule has 1 saturated heterocycles. The van der Waals surface area contributed by atoms with Gasteiger partial charge in [-0.15, -0.1) is 0 Å². The molecule has 1 aliphatic heterocycles. The minimum atomic E-state index is -0.397. The van der Waals surface area contributed by atoms with Crippen LogP contribution >= 0.6 is 11.6 Å². The van der Waals surface area contributed by atoms with E-state index in [4.69, 9.17) is 17.3 Å². The van der Waals surface area contributed by atoms with Crippen molar-refractivity contribution in [1.82, 2.24) is 4.90 Å². The minimum absolute atomic E-state index is 0.0137. The molecule has 0 unspecified atom stereocenters. The number of hydrogen-bond donors (Lipinski definition) is 1. The van der Waals surface area contributed by atoms with Crippen molar-refractivity contribution >= 4 is 17.5 Å². The van der Waals surface area contributed by atoms with Crippen molar-refractivity contribution in [3.63, 3.8) is 0 Å². The molecule has 2 rings (SSSR count). The molecular formula is C11H13ClN2O. The Kier molecular flexibility index (Phi) is 2.67. The number of likely N-dealkylation sites (N-methyl/N-ethyl adjacent to an activating group) is 1. The standard InChI is InChI=1S/C11H13ClN2O/c1-2-14-10(9(13)11(14)15)7-3-5-8(12)6-4-7/h3-6,9-10H,2,13H2,1H3/t9-,10+/m1/s1. The van der Waals surface area contributed by atoms with Gasteiger partial charge in [-0.3, -0.25) is 4.79 Å². The topological polar surface area (TPSA) is 46.3 Å². The Labute approximate surface area is 93.8 Å². The summed E-state index contributed by atoms with van der Waals surface area (Å²) >= 11 is 5.80. The third kappa shape index (κ3) is 1.62. The molecule has 1 heterocycles. The molecule has 0 aliphatic carbocycles. The lowest BCUT2D eigenvalue weighted by Gasteiger charge is -2.45. The summed E-state index contributed by atoms with van der Waals surface area (Å²) in [6.07, 6.45) is 0. The van der Waals surface area contributed by atoms with Gasteiger partial charge in [-0.2, -0.15) is 0 Å². The van der Waals surface area contributed by atoms with E-state index in [-0.39, 0.29) is 11.9 Å². The molecule has 80 valence electrons. The number of hydrogen-bond acceptors (Lipinski definition) is 2. The molecule has 1 fully saturated rings. The number of amides is 1. The largest absolute Gasteiger partial charge is 0.332 e. The maximum Gasteiger partial charge on any atom is 0.242 e. The van der Waals surface area contributed by atoms with Crippen LogP contribution in [0.25, 0.3) is 0 Å². The molecule has 15 heavy (non-hydrogen) atoms. The quantitative estimate of drug-likeness (QED) is 0.776. The van der Waals surface area contributed by atoms with Crippen LogP contribution in [0, 0.1) is 0 Å². The molecule has 1 aliphatic rings. The lowest BCUT2D eigenvalue weighted by molar-refractivity contribution is -0.149. The highest BCUT2D eigenvalue weighted by molar-refractivity contribution is 6.30. The van der Waals surface area contributed by atoms with Crippen molar-refractivity contribution in [2.75, 3.05) is 6.54 Å². The summed E-state index contributed by atoms with van der Waals surface area (Å²) in [7, 11) is 0. The predicted octanol–water partition coefficient (Wildman–Crippen LogP) is 1.57. The van der Waals surface area contributed by atoms with Gasteiger partial charge in [0.05, 0.1) is 6.04 Å². The number of β-lactam (4-membered cyclic amide) rings is 1. The minimum Gasteiger partial charge on any atom is -0.332 e. The van der Waals surface area contributed by atoms with Crippen molar-refractivity contribution < 1.29 is 4.79 Å². The highest BCUT2D eigenvalue weighted by Crippen LogP contribution is 2.33. The number of carbonyl (C=O) groups is 1. The summed E-state index contributed by atoms with van der Waals surface area (Å²) in [6.45, 7) is 2.65. The molecule has 1 amide bonds. The van der Waals surface area contributed by atoms with Crippen molar-refractivity contribution in [2.24, 2.45) is 5.73 Å². The zero-order chi connectivity index (χ0) is 11.0. The van der Waals surface area contributed by atoms with E-state index in [9.17, 15) is 4.79 Å². The third-order valence-electron chi connectivity index (χ3n) is 2.80. The first-order valence-corrected chi connectivity index (χ1v) is 5.34. The van der Waals surface area contributed by atoms with Gasteiger partial charge in [-0.1, -0.05) is 23.7 Å². The average Bonchev–Trinajstić information content (AvgIpc) is 2.26. The highest BCUT2D eigenvalue weighted by atomic mass is 35.5. The summed E-state index contributed by atoms with van der Waals surface area (Å²) in [6, 6.07) is 7.09. The van der Waals surface area contributed by atoms with Crippen LogP contribution in [0.15, 0.2) is 24.3 Å². The van der Waals surface area contributed by atoms with Crippen LogP contribution in [0.4, 0.5) is 0 Å². The molecule has 0 radical (unpaired) electrons. The van der Waals surface area contributed by atoms with Gasteiger partial charge in [0.15, 0.2) is 0 Å². The molecule has 0 aromatic heterocycles. The Bertz CT molecular complexity index is 377. The average molecular weight is 225 g/mol. The van der Waals surface area contributed by atoms with Crippen LogP contribution in [-0.2, 0) is 4.79 Å². The Hall–Kier alpha value is -1.06. The number of benzene rings is 1. The molecule has 2 atom stereocenters. The monoisotopic (exact) mass is 224 g/mol. The summed E-state index contributed by atoms with van der Waals surface area (Å²) in [5.41, 5.74) is 6.83. The van der Waals surface area contributed by atoms with E-state index in [1.54, 1.807) is 4.90 Å². The van der Waals surface area contributed by atoms with Crippen molar-refractivity contribution in [3.05, 3.63) is 34.9 Å². The first-order valence-electron chi connectivity index (χ1n) is 4.96. The van der Waals surface area contributed by atoms with Crippen LogP contribution in [0.5, 0.6) is 0 Å². The van der Waals surface area contributed by atoms with E-state index >= 15 is 0 Å². The maximum absolute atomic E-state index is 11.4. The van der Waals surface area contributed by atoms with Crippen LogP contribution in [0.3, 0.4) is 0 Å². The summed E-state index contributed by atoms with van der Waals surface area (Å²) in [4.78, 5) is 13.2. The predicted molar refractivity (Wildman–Crippen MR) is 59.6 cm³/mol. The molecule has 1 aromatic rings. The van der Waals surface area contributed by atoms with Gasteiger partial charge < -0.3 is 10.6 Å². The number of nitrogens with zero attached hydrogens (tertiary/aromatic N) is 1. The second-order valence-electron chi connectivity index (χ2n) is 3.65. The van der Waals surface area contributed by atoms with Gasteiger partial charge in [-0.05, 0) is 24.6 Å². The van der Waals surface area contributed by atoms with E-state index in [1.807, 2.05) is 31.2 Å². The number of halogens is 1. The van der Waals surface area contributed by atoms with E-state index in [2.05, 4.69) is 0 Å². The van der Waals surface area contributed by atoms with Gasteiger partial charge in [0, 0.05) is 11.6 Å². The second kappa shape index (κ2) is 3.83. The van der Waals surface area contributed by atoms with E-state index in [0.717, 1.165) is 5.56 Å². The Morgan fingerprint density at radius 2 is 2.00 bits per heavy atom. The lowest BCUT2D eigenvalue weighted by Crippen LogP contribution is -2.62. The first kappa shape index (κ1) is 10.5. The molecular weight excluding hydrogens is 212 g/mol. The van der Waals surface area contributed by atoms with E-state index < -0.39 is 6.04 Å². The molecule has 0 saturated carbocycles. The van der Waals surface area contributed by atoms with Gasteiger partial charge in [0.25, 0.3) is 0 Å². The second-order valence-corrected chi connectivity index (χ2v) is 4.08. The smallest absolute Gasteiger partial charge is 0.242 e. The summed E-state index contributed by atoms with van der Waals surface area (Å²) in [5, 5.41) is 0.695. The molecule has 4 heteroatoms. The van der Waals surface area contributed by atoms with Crippen molar-refractivity contribution in [1.29, 1.82) is 0 Å². The van der Waals surface area contributed by atoms with Crippen LogP contribution < -0.4 is 5.73 Å². The molecule has 0 bridgehead atoms. The molecule has 0 spiro atoms. The number of carbonyl (C=O) groups excluding carboxylic acids is 1. The van der Waals surface area contributed by atoms with E-state index in [1.165, 1.54) is 0 Å². The van der Waals surface area contributed by atoms with Crippen LogP contribution in [-0.4, -0.2) is 23.4 Å². The van der Waals surface area contributed by atoms with Gasteiger partial charge in [0.2, 0.25) is 5.91 Å². The van der Waals surface area contributed by atoms with Crippen LogP contribution in [0.1, 0.15) is 18.5 Å². The highest BCUT2D eigenvalue weighted by Gasteiger charge is 2.44. The van der Waals surface area contributed by atoms with E-state index in [0.29, 0.717) is 11.6 Å². The molecule has 1 aromatic carbocycles.